The lowest BCUT2D eigenvalue weighted by Gasteiger charge is -2.20. The summed E-state index contributed by atoms with van der Waals surface area (Å²) in [5, 5.41) is 22.3. The normalized spacial score (nSPS) is 18.3. The molecule has 7 nitrogen and oxygen atoms in total. The van der Waals surface area contributed by atoms with Crippen LogP contribution in [-0.4, -0.2) is 23.5 Å². The van der Waals surface area contributed by atoms with Gasteiger partial charge in [-0.2, -0.15) is 5.26 Å². The maximum absolute atomic E-state index is 11.6. The number of carbonyl (C=O) groups is 1. The lowest BCUT2D eigenvalue weighted by molar-refractivity contribution is -0.384. The minimum absolute atomic E-state index is 0.0916. The molecule has 1 fully saturated rings. The third-order valence-corrected chi connectivity index (χ3v) is 2.78. The molecule has 0 aliphatic carbocycles. The van der Waals surface area contributed by atoms with E-state index in [-0.39, 0.29) is 23.3 Å². The van der Waals surface area contributed by atoms with Crippen molar-refractivity contribution in [2.75, 3.05) is 11.4 Å². The zero-order valence-corrected chi connectivity index (χ0v) is 9.58. The van der Waals surface area contributed by atoms with Crippen molar-refractivity contribution in [2.24, 2.45) is 0 Å². The summed E-state index contributed by atoms with van der Waals surface area (Å²) in [4.78, 5) is 23.1. The summed E-state index contributed by atoms with van der Waals surface area (Å²) in [6.45, 7) is 2.32. The molecule has 1 heterocycles. The Labute approximate surface area is 103 Å². The van der Waals surface area contributed by atoms with Crippen LogP contribution in [-0.2, 0) is 0 Å². The van der Waals surface area contributed by atoms with Crippen LogP contribution in [0, 0.1) is 21.4 Å². The summed E-state index contributed by atoms with van der Waals surface area (Å²) in [5.41, 5.74) is 0.348. The smallest absolute Gasteiger partial charge is 0.322 e. The monoisotopic (exact) mass is 246 g/mol. The summed E-state index contributed by atoms with van der Waals surface area (Å²) in [5.74, 6) is 0. The highest BCUT2D eigenvalue weighted by atomic mass is 16.6. The molecule has 0 aromatic heterocycles. The molecule has 1 aromatic rings. The van der Waals surface area contributed by atoms with E-state index in [1.54, 1.807) is 0 Å². The number of nitriles is 1. The highest BCUT2D eigenvalue weighted by molar-refractivity contribution is 5.96. The van der Waals surface area contributed by atoms with Gasteiger partial charge >= 0.3 is 6.03 Å². The van der Waals surface area contributed by atoms with Crippen molar-refractivity contribution in [2.45, 2.75) is 13.0 Å². The molecule has 1 atom stereocenters. The highest BCUT2D eigenvalue weighted by Crippen LogP contribution is 2.27. The molecule has 92 valence electrons. The van der Waals surface area contributed by atoms with Gasteiger partial charge in [0, 0.05) is 18.7 Å². The predicted octanol–water partition coefficient (Wildman–Crippen LogP) is 1.38. The second-order valence-corrected chi connectivity index (χ2v) is 3.98. The van der Waals surface area contributed by atoms with Crippen molar-refractivity contribution >= 4 is 17.4 Å². The Hall–Kier alpha value is -2.62. The fourth-order valence-electron chi connectivity index (χ4n) is 1.90. The van der Waals surface area contributed by atoms with Crippen LogP contribution in [0.2, 0.25) is 0 Å². The van der Waals surface area contributed by atoms with Crippen LogP contribution in [0.5, 0.6) is 0 Å². The molecule has 7 heteroatoms. The zero-order chi connectivity index (χ0) is 13.3. The Morgan fingerprint density at radius 2 is 2.33 bits per heavy atom. The van der Waals surface area contributed by atoms with Crippen LogP contribution in [0.1, 0.15) is 12.5 Å². The third-order valence-electron chi connectivity index (χ3n) is 2.78. The van der Waals surface area contributed by atoms with Gasteiger partial charge in [-0.3, -0.25) is 15.0 Å². The van der Waals surface area contributed by atoms with Crippen molar-refractivity contribution in [3.05, 3.63) is 33.9 Å². The number of urea groups is 1. The molecular formula is C11H10N4O3. The van der Waals surface area contributed by atoms with Gasteiger partial charge in [-0.05, 0) is 13.0 Å². The predicted molar refractivity (Wildman–Crippen MR) is 63.2 cm³/mol. The van der Waals surface area contributed by atoms with Crippen molar-refractivity contribution < 1.29 is 9.72 Å². The second-order valence-electron chi connectivity index (χ2n) is 3.98. The van der Waals surface area contributed by atoms with Gasteiger partial charge in [0.2, 0.25) is 0 Å². The summed E-state index contributed by atoms with van der Waals surface area (Å²) in [6.07, 6.45) is 0. The van der Waals surface area contributed by atoms with Crippen LogP contribution in [0.3, 0.4) is 0 Å². The first-order valence-corrected chi connectivity index (χ1v) is 5.30. The van der Waals surface area contributed by atoms with E-state index in [2.05, 4.69) is 5.32 Å². The SMILES string of the molecule is CC1CNC(=O)N1c1ccc([N+](=O)[O-])cc1C#N. The van der Waals surface area contributed by atoms with Gasteiger partial charge in [-0.25, -0.2) is 4.79 Å². The van der Waals surface area contributed by atoms with Crippen LogP contribution in [0.25, 0.3) is 0 Å². The van der Waals surface area contributed by atoms with E-state index in [1.807, 2.05) is 13.0 Å². The number of carbonyl (C=O) groups excluding carboxylic acids is 1. The first-order valence-electron chi connectivity index (χ1n) is 5.30. The van der Waals surface area contributed by atoms with E-state index < -0.39 is 4.92 Å². The molecule has 1 unspecified atom stereocenters. The number of non-ortho nitro benzene ring substituents is 1. The van der Waals surface area contributed by atoms with E-state index >= 15 is 0 Å². The second kappa shape index (κ2) is 4.33. The topological polar surface area (TPSA) is 99.3 Å². The summed E-state index contributed by atoms with van der Waals surface area (Å²) in [7, 11) is 0. The maximum atomic E-state index is 11.6. The Kier molecular flexibility index (Phi) is 2.85. The molecule has 0 saturated carbocycles. The van der Waals surface area contributed by atoms with Gasteiger partial charge in [-0.1, -0.05) is 0 Å². The summed E-state index contributed by atoms with van der Waals surface area (Å²) >= 11 is 0. The number of benzene rings is 1. The fourth-order valence-corrected chi connectivity index (χ4v) is 1.90. The Morgan fingerprint density at radius 1 is 1.61 bits per heavy atom. The molecular weight excluding hydrogens is 236 g/mol. The van der Waals surface area contributed by atoms with Gasteiger partial charge in [0.15, 0.2) is 0 Å². The Bertz CT molecular complexity index is 564. The average molecular weight is 246 g/mol. The van der Waals surface area contributed by atoms with E-state index in [9.17, 15) is 14.9 Å². The first-order chi connectivity index (χ1) is 8.54. The molecule has 2 amide bonds. The minimum atomic E-state index is -0.571. The zero-order valence-electron chi connectivity index (χ0n) is 9.58. The van der Waals surface area contributed by atoms with Crippen LogP contribution in [0.4, 0.5) is 16.2 Å². The lowest BCUT2D eigenvalue weighted by atomic mass is 10.1. The van der Waals surface area contributed by atoms with Crippen LogP contribution < -0.4 is 10.2 Å². The van der Waals surface area contributed by atoms with Gasteiger partial charge in [0.25, 0.3) is 5.69 Å². The van der Waals surface area contributed by atoms with Crippen LogP contribution in [0.15, 0.2) is 18.2 Å². The molecule has 0 spiro atoms. The number of hydrogen-bond donors (Lipinski definition) is 1. The number of nitrogens with zero attached hydrogens (tertiary/aromatic N) is 3. The third kappa shape index (κ3) is 1.84. The van der Waals surface area contributed by atoms with E-state index in [0.29, 0.717) is 12.2 Å². The minimum Gasteiger partial charge on any atom is -0.336 e. The van der Waals surface area contributed by atoms with Gasteiger partial charge in [0.05, 0.1) is 22.2 Å². The average Bonchev–Trinajstić information content (AvgIpc) is 2.68. The molecule has 0 radical (unpaired) electrons. The van der Waals surface area contributed by atoms with E-state index in [4.69, 9.17) is 5.26 Å². The molecule has 1 aromatic carbocycles. The largest absolute Gasteiger partial charge is 0.336 e. The van der Waals surface area contributed by atoms with Gasteiger partial charge in [-0.15, -0.1) is 0 Å². The highest BCUT2D eigenvalue weighted by Gasteiger charge is 2.30. The van der Waals surface area contributed by atoms with Gasteiger partial charge < -0.3 is 5.32 Å². The number of anilines is 1. The van der Waals surface area contributed by atoms with Crippen LogP contribution >= 0.6 is 0 Å². The Balaban J connectivity index is 2.49. The number of nitrogens with one attached hydrogen (secondary N) is 1. The molecule has 2 rings (SSSR count). The van der Waals surface area contributed by atoms with E-state index in [1.165, 1.54) is 23.1 Å². The Morgan fingerprint density at radius 3 is 2.83 bits per heavy atom. The lowest BCUT2D eigenvalue weighted by Crippen LogP contribution is -2.32. The number of nitro groups is 1. The van der Waals surface area contributed by atoms with E-state index in [0.717, 1.165) is 0 Å². The number of rotatable bonds is 2. The molecule has 0 bridgehead atoms. The van der Waals surface area contributed by atoms with Crippen molar-refractivity contribution in [1.82, 2.24) is 5.32 Å². The molecule has 1 aliphatic rings. The van der Waals surface area contributed by atoms with Crippen molar-refractivity contribution in [3.8, 4) is 6.07 Å². The van der Waals surface area contributed by atoms with Crippen molar-refractivity contribution in [3.63, 3.8) is 0 Å². The number of amides is 2. The standard InChI is InChI=1S/C11H10N4O3/c1-7-6-13-11(16)14(7)10-3-2-9(15(17)18)4-8(10)5-12/h2-4,7H,6H2,1H3,(H,13,16). The molecule has 1 aliphatic heterocycles. The van der Waals surface area contributed by atoms with Gasteiger partial charge in [0.1, 0.15) is 6.07 Å². The summed E-state index contributed by atoms with van der Waals surface area (Å²) in [6, 6.07) is 5.38. The number of nitro benzene ring substituents is 1. The van der Waals surface area contributed by atoms with Crippen molar-refractivity contribution in [1.29, 1.82) is 5.26 Å². The molecule has 1 N–H and O–H groups in total. The summed E-state index contributed by atoms with van der Waals surface area (Å²) < 4.78 is 0. The maximum Gasteiger partial charge on any atom is 0.322 e. The fraction of sp³-hybridized carbons (Fsp3) is 0.273. The number of hydrogen-bond acceptors (Lipinski definition) is 4. The molecule has 18 heavy (non-hydrogen) atoms. The molecule has 1 saturated heterocycles. The quantitative estimate of drug-likeness (QED) is 0.629. The first kappa shape index (κ1) is 11.9.